The van der Waals surface area contributed by atoms with E-state index in [1.54, 1.807) is 41.5 Å². The summed E-state index contributed by atoms with van der Waals surface area (Å²) < 4.78 is 38.4. The van der Waals surface area contributed by atoms with Crippen molar-refractivity contribution >= 4 is 12.2 Å². The molecule has 1 rings (SSSR count). The van der Waals surface area contributed by atoms with Crippen LogP contribution < -0.4 is 0 Å². The Morgan fingerprint density at radius 3 is 1.75 bits per heavy atom. The monoisotopic (exact) mass is 350 g/mol. The highest BCUT2D eigenvalue weighted by Crippen LogP contribution is 2.28. The highest BCUT2D eigenvalue weighted by atomic mass is 19.3. The lowest BCUT2D eigenvalue weighted by Crippen LogP contribution is -2.62. The maximum absolute atomic E-state index is 14.0. The fraction of sp³-hybridized carbons (Fsp3) is 0.875. The second-order valence-corrected chi connectivity index (χ2v) is 8.07. The third-order valence-corrected chi connectivity index (χ3v) is 3.25. The molecule has 8 heteroatoms. The quantitative estimate of drug-likeness (QED) is 0.726. The molecular formula is C16H28F2N2O4. The molecule has 2 amide bonds. The molecular weight excluding hydrogens is 322 g/mol. The second-order valence-electron chi connectivity index (χ2n) is 8.07. The van der Waals surface area contributed by atoms with Crippen molar-refractivity contribution in [1.82, 2.24) is 9.80 Å². The number of carbonyl (C=O) groups is 2. The van der Waals surface area contributed by atoms with Crippen LogP contribution >= 0.6 is 0 Å². The highest BCUT2D eigenvalue weighted by molar-refractivity contribution is 5.71. The summed E-state index contributed by atoms with van der Waals surface area (Å²) >= 11 is 0. The van der Waals surface area contributed by atoms with E-state index in [2.05, 4.69) is 0 Å². The molecule has 0 radical (unpaired) electrons. The van der Waals surface area contributed by atoms with Crippen molar-refractivity contribution in [1.29, 1.82) is 0 Å². The van der Waals surface area contributed by atoms with Crippen LogP contribution in [-0.2, 0) is 9.47 Å². The zero-order valence-electron chi connectivity index (χ0n) is 15.5. The molecule has 0 aliphatic carbocycles. The van der Waals surface area contributed by atoms with E-state index in [-0.39, 0.29) is 19.6 Å². The van der Waals surface area contributed by atoms with Crippen molar-refractivity contribution in [3.8, 4) is 0 Å². The van der Waals surface area contributed by atoms with Crippen molar-refractivity contribution in [2.24, 2.45) is 0 Å². The topological polar surface area (TPSA) is 59.1 Å². The van der Waals surface area contributed by atoms with Crippen LogP contribution in [0.25, 0.3) is 0 Å². The van der Waals surface area contributed by atoms with E-state index >= 15 is 0 Å². The minimum atomic E-state index is -3.18. The fourth-order valence-corrected chi connectivity index (χ4v) is 2.25. The van der Waals surface area contributed by atoms with Crippen molar-refractivity contribution in [2.45, 2.75) is 71.6 Å². The third-order valence-electron chi connectivity index (χ3n) is 3.25. The largest absolute Gasteiger partial charge is 0.444 e. The maximum atomic E-state index is 14.0. The SMILES string of the molecule is CC(C)(C)OC(=O)N1CCN(C(=O)OC(C)(C)C)C(C(C)(F)F)C1. The van der Waals surface area contributed by atoms with Crippen LogP contribution in [0, 0.1) is 0 Å². The summed E-state index contributed by atoms with van der Waals surface area (Å²) in [5.41, 5.74) is -1.50. The number of halogens is 2. The Morgan fingerprint density at radius 2 is 1.33 bits per heavy atom. The molecule has 1 fully saturated rings. The van der Waals surface area contributed by atoms with E-state index in [9.17, 15) is 18.4 Å². The molecule has 24 heavy (non-hydrogen) atoms. The first kappa shape index (κ1) is 20.4. The Balaban J connectivity index is 2.90. The third kappa shape index (κ3) is 6.13. The molecule has 1 aliphatic heterocycles. The van der Waals surface area contributed by atoms with E-state index < -0.39 is 35.4 Å². The number of piperazine rings is 1. The van der Waals surface area contributed by atoms with Crippen LogP contribution in [-0.4, -0.2) is 64.8 Å². The summed E-state index contributed by atoms with van der Waals surface area (Å²) in [5, 5.41) is 0. The summed E-state index contributed by atoms with van der Waals surface area (Å²) in [6.07, 6.45) is -1.47. The average Bonchev–Trinajstić information content (AvgIpc) is 2.32. The van der Waals surface area contributed by atoms with Gasteiger partial charge in [0, 0.05) is 20.0 Å². The lowest BCUT2D eigenvalue weighted by atomic mass is 10.1. The molecule has 6 nitrogen and oxygen atoms in total. The number of hydrogen-bond donors (Lipinski definition) is 0. The molecule has 0 N–H and O–H groups in total. The molecule has 1 aliphatic rings. The molecule has 1 atom stereocenters. The second kappa shape index (κ2) is 6.72. The van der Waals surface area contributed by atoms with Crippen molar-refractivity contribution in [2.75, 3.05) is 19.6 Å². The number of amides is 2. The lowest BCUT2D eigenvalue weighted by Gasteiger charge is -2.43. The van der Waals surface area contributed by atoms with E-state index in [0.29, 0.717) is 0 Å². The van der Waals surface area contributed by atoms with Crippen molar-refractivity contribution in [3.63, 3.8) is 0 Å². The smallest absolute Gasteiger partial charge is 0.410 e. The van der Waals surface area contributed by atoms with Gasteiger partial charge in [-0.3, -0.25) is 4.90 Å². The fourth-order valence-electron chi connectivity index (χ4n) is 2.25. The number of alkyl halides is 2. The average molecular weight is 350 g/mol. The Hall–Kier alpha value is -1.60. The summed E-state index contributed by atoms with van der Waals surface area (Å²) in [6, 6.07) is -1.46. The van der Waals surface area contributed by atoms with Gasteiger partial charge in [-0.2, -0.15) is 0 Å². The van der Waals surface area contributed by atoms with Crippen molar-refractivity contribution in [3.05, 3.63) is 0 Å². The van der Waals surface area contributed by atoms with Crippen LogP contribution in [0.1, 0.15) is 48.5 Å². The van der Waals surface area contributed by atoms with Crippen LogP contribution in [0.3, 0.4) is 0 Å². The van der Waals surface area contributed by atoms with Crippen LogP contribution in [0.5, 0.6) is 0 Å². The Kier molecular flexibility index (Phi) is 5.73. The predicted octanol–water partition coefficient (Wildman–Crippen LogP) is 3.50. The highest BCUT2D eigenvalue weighted by Gasteiger charge is 2.46. The van der Waals surface area contributed by atoms with Gasteiger partial charge >= 0.3 is 12.2 Å². The predicted molar refractivity (Wildman–Crippen MR) is 85.2 cm³/mol. The van der Waals surface area contributed by atoms with Crippen molar-refractivity contribution < 1.29 is 27.8 Å². The molecule has 140 valence electrons. The van der Waals surface area contributed by atoms with Crippen LogP contribution in [0.4, 0.5) is 18.4 Å². The lowest BCUT2D eigenvalue weighted by molar-refractivity contribution is -0.0961. The molecule has 0 aromatic rings. The number of ether oxygens (including phenoxy) is 2. The summed E-state index contributed by atoms with van der Waals surface area (Å²) in [7, 11) is 0. The molecule has 0 aromatic carbocycles. The molecule has 0 saturated carbocycles. The molecule has 0 bridgehead atoms. The Bertz CT molecular complexity index is 478. The summed E-state index contributed by atoms with van der Waals surface area (Å²) in [5.74, 6) is -3.18. The normalized spacial score (nSPS) is 20.0. The number of hydrogen-bond acceptors (Lipinski definition) is 4. The molecule has 0 spiro atoms. The molecule has 1 unspecified atom stereocenters. The molecule has 1 heterocycles. The van der Waals surface area contributed by atoms with Gasteiger partial charge in [-0.1, -0.05) is 0 Å². The number of rotatable bonds is 1. The van der Waals surface area contributed by atoms with Gasteiger partial charge in [0.15, 0.2) is 0 Å². The first-order valence-electron chi connectivity index (χ1n) is 7.95. The van der Waals surface area contributed by atoms with Gasteiger partial charge in [0.1, 0.15) is 17.2 Å². The summed E-state index contributed by atoms with van der Waals surface area (Å²) in [6.45, 7) is 10.6. The first-order chi connectivity index (χ1) is 10.6. The van der Waals surface area contributed by atoms with Gasteiger partial charge in [0.2, 0.25) is 0 Å². The maximum Gasteiger partial charge on any atom is 0.410 e. The van der Waals surface area contributed by atoms with E-state index in [0.717, 1.165) is 11.8 Å². The number of carbonyl (C=O) groups excluding carboxylic acids is 2. The minimum Gasteiger partial charge on any atom is -0.444 e. The van der Waals surface area contributed by atoms with Crippen LogP contribution in [0.2, 0.25) is 0 Å². The Labute approximate surface area is 142 Å². The van der Waals surface area contributed by atoms with Gasteiger partial charge in [-0.05, 0) is 41.5 Å². The Morgan fingerprint density at radius 1 is 0.875 bits per heavy atom. The van der Waals surface area contributed by atoms with Gasteiger partial charge in [0.25, 0.3) is 5.92 Å². The van der Waals surface area contributed by atoms with Gasteiger partial charge in [0.05, 0.1) is 6.54 Å². The van der Waals surface area contributed by atoms with Gasteiger partial charge in [-0.25, -0.2) is 18.4 Å². The summed E-state index contributed by atoms with van der Waals surface area (Å²) in [4.78, 5) is 26.5. The zero-order chi connectivity index (χ0) is 18.9. The standard InChI is InChI=1S/C16H28F2N2O4/c1-14(2,3)23-12(21)19-8-9-20(11(10-19)16(7,17)18)13(22)24-15(4,5)6/h11H,8-10H2,1-7H3. The number of nitrogens with zero attached hydrogens (tertiary/aromatic N) is 2. The van der Waals surface area contributed by atoms with E-state index in [1.165, 1.54) is 4.90 Å². The first-order valence-corrected chi connectivity index (χ1v) is 7.95. The molecule has 0 aromatic heterocycles. The van der Waals surface area contributed by atoms with E-state index in [4.69, 9.17) is 9.47 Å². The van der Waals surface area contributed by atoms with Gasteiger partial charge < -0.3 is 14.4 Å². The van der Waals surface area contributed by atoms with E-state index in [1.807, 2.05) is 0 Å². The zero-order valence-corrected chi connectivity index (χ0v) is 15.5. The van der Waals surface area contributed by atoms with Crippen LogP contribution in [0.15, 0.2) is 0 Å². The van der Waals surface area contributed by atoms with Gasteiger partial charge in [-0.15, -0.1) is 0 Å². The minimum absolute atomic E-state index is 0.0394. The molecule has 1 saturated heterocycles.